The molecule has 0 fully saturated rings. The van der Waals surface area contributed by atoms with Gasteiger partial charge in [0.2, 0.25) is 10.0 Å². The van der Waals surface area contributed by atoms with E-state index >= 15 is 0 Å². The molecule has 5 nitrogen and oxygen atoms in total. The molecule has 0 bridgehead atoms. The van der Waals surface area contributed by atoms with Crippen LogP contribution >= 0.6 is 0 Å². The first-order valence-electron chi connectivity index (χ1n) is 7.55. The minimum Gasteiger partial charge on any atom is -0.345 e. The molecule has 0 aliphatic rings. The predicted molar refractivity (Wildman–Crippen MR) is 94.3 cm³/mol. The van der Waals surface area contributed by atoms with Crippen molar-refractivity contribution in [2.24, 2.45) is 0 Å². The van der Waals surface area contributed by atoms with Gasteiger partial charge in [0.1, 0.15) is 0 Å². The first-order valence-corrected chi connectivity index (χ1v) is 8.99. The number of hydrogen-bond donors (Lipinski definition) is 0. The molecule has 0 aromatic heterocycles. The lowest BCUT2D eigenvalue weighted by atomic mass is 10.1. The molecular formula is C18H22N2O3S. The zero-order valence-electron chi connectivity index (χ0n) is 14.4. The molecule has 24 heavy (non-hydrogen) atoms. The highest BCUT2D eigenvalue weighted by molar-refractivity contribution is 7.89. The van der Waals surface area contributed by atoms with Crippen LogP contribution in [0, 0.1) is 6.92 Å². The lowest BCUT2D eigenvalue weighted by Gasteiger charge is -2.18. The van der Waals surface area contributed by atoms with Gasteiger partial charge in [0.05, 0.1) is 4.90 Å². The van der Waals surface area contributed by atoms with Crippen LogP contribution in [0.4, 0.5) is 0 Å². The first-order chi connectivity index (χ1) is 11.2. The van der Waals surface area contributed by atoms with E-state index in [1.807, 2.05) is 6.92 Å². The summed E-state index contributed by atoms with van der Waals surface area (Å²) >= 11 is 0. The van der Waals surface area contributed by atoms with Crippen LogP contribution in [0.3, 0.4) is 0 Å². The third-order valence-electron chi connectivity index (χ3n) is 3.74. The minimum absolute atomic E-state index is 0.0813. The number of sulfonamides is 1. The number of aryl methyl sites for hydroxylation is 1. The Hall–Kier alpha value is -2.18. The van der Waals surface area contributed by atoms with Crippen molar-refractivity contribution in [1.82, 2.24) is 9.21 Å². The Morgan fingerprint density at radius 3 is 1.96 bits per heavy atom. The molecule has 6 heteroatoms. The van der Waals surface area contributed by atoms with Crippen molar-refractivity contribution in [3.05, 3.63) is 65.2 Å². The van der Waals surface area contributed by atoms with E-state index in [0.29, 0.717) is 5.56 Å². The summed E-state index contributed by atoms with van der Waals surface area (Å²) in [6.07, 6.45) is 0. The van der Waals surface area contributed by atoms with Gasteiger partial charge in [0.15, 0.2) is 0 Å². The zero-order chi connectivity index (χ0) is 17.9. The third-order valence-corrected chi connectivity index (χ3v) is 5.56. The predicted octanol–water partition coefficient (Wildman–Crippen LogP) is 2.52. The van der Waals surface area contributed by atoms with Crippen LogP contribution in [0.5, 0.6) is 0 Å². The molecule has 0 saturated carbocycles. The van der Waals surface area contributed by atoms with Gasteiger partial charge in [-0.05, 0) is 36.8 Å². The number of nitrogens with zero attached hydrogens (tertiary/aromatic N) is 2. The van der Waals surface area contributed by atoms with Crippen molar-refractivity contribution in [3.8, 4) is 0 Å². The molecule has 0 atom stereocenters. The first kappa shape index (κ1) is 18.2. The second-order valence-corrected chi connectivity index (χ2v) is 8.02. The van der Waals surface area contributed by atoms with Gasteiger partial charge in [0.25, 0.3) is 5.91 Å². The monoisotopic (exact) mass is 346 g/mol. The van der Waals surface area contributed by atoms with E-state index < -0.39 is 10.0 Å². The van der Waals surface area contributed by atoms with Crippen molar-refractivity contribution in [1.29, 1.82) is 0 Å². The quantitative estimate of drug-likeness (QED) is 0.836. The molecule has 0 radical (unpaired) electrons. The van der Waals surface area contributed by atoms with Crippen molar-refractivity contribution < 1.29 is 13.2 Å². The standard InChI is InChI=1S/C18H22N2O3S/c1-14-5-11-17(12-6-14)24(22,23)20(4)13-15-7-9-16(10-8-15)18(21)19(2)3/h5-12H,13H2,1-4H3. The van der Waals surface area contributed by atoms with E-state index in [-0.39, 0.29) is 17.3 Å². The van der Waals surface area contributed by atoms with E-state index in [0.717, 1.165) is 11.1 Å². The Morgan fingerprint density at radius 1 is 0.917 bits per heavy atom. The summed E-state index contributed by atoms with van der Waals surface area (Å²) in [4.78, 5) is 13.6. The lowest BCUT2D eigenvalue weighted by molar-refractivity contribution is 0.0827. The number of hydrogen-bond acceptors (Lipinski definition) is 3. The van der Waals surface area contributed by atoms with Gasteiger partial charge in [-0.15, -0.1) is 0 Å². The molecule has 0 heterocycles. The van der Waals surface area contributed by atoms with E-state index in [9.17, 15) is 13.2 Å². The second kappa shape index (κ2) is 7.15. The van der Waals surface area contributed by atoms with Gasteiger partial charge in [-0.25, -0.2) is 8.42 Å². The van der Waals surface area contributed by atoms with Crippen molar-refractivity contribution in [3.63, 3.8) is 0 Å². The smallest absolute Gasteiger partial charge is 0.253 e. The van der Waals surface area contributed by atoms with Gasteiger partial charge in [-0.2, -0.15) is 4.31 Å². The summed E-state index contributed by atoms with van der Waals surface area (Å²) in [6, 6.07) is 13.8. The number of rotatable bonds is 5. The average Bonchev–Trinajstić information content (AvgIpc) is 2.55. The molecular weight excluding hydrogens is 324 g/mol. The van der Waals surface area contributed by atoms with E-state index in [4.69, 9.17) is 0 Å². The van der Waals surface area contributed by atoms with Gasteiger partial charge >= 0.3 is 0 Å². The number of amides is 1. The van der Waals surface area contributed by atoms with Crippen LogP contribution in [-0.4, -0.2) is 44.7 Å². The SMILES string of the molecule is Cc1ccc(S(=O)(=O)N(C)Cc2ccc(C(=O)N(C)C)cc2)cc1. The van der Waals surface area contributed by atoms with Gasteiger partial charge in [0, 0.05) is 33.3 Å². The Balaban J connectivity index is 2.15. The normalized spacial score (nSPS) is 11.5. The van der Waals surface area contributed by atoms with Crippen molar-refractivity contribution in [2.45, 2.75) is 18.4 Å². The molecule has 2 aromatic carbocycles. The fourth-order valence-electron chi connectivity index (χ4n) is 2.24. The van der Waals surface area contributed by atoms with Crippen LogP contribution in [-0.2, 0) is 16.6 Å². The molecule has 0 N–H and O–H groups in total. The Morgan fingerprint density at radius 2 is 1.46 bits per heavy atom. The number of benzene rings is 2. The molecule has 2 aromatic rings. The number of carbonyl (C=O) groups is 1. The van der Waals surface area contributed by atoms with Crippen molar-refractivity contribution in [2.75, 3.05) is 21.1 Å². The molecule has 0 unspecified atom stereocenters. The summed E-state index contributed by atoms with van der Waals surface area (Å²) < 4.78 is 26.5. The van der Waals surface area contributed by atoms with Gasteiger partial charge in [-0.3, -0.25) is 4.79 Å². The highest BCUT2D eigenvalue weighted by atomic mass is 32.2. The fourth-order valence-corrected chi connectivity index (χ4v) is 3.40. The summed E-state index contributed by atoms with van der Waals surface area (Å²) in [5.41, 5.74) is 2.41. The highest BCUT2D eigenvalue weighted by Gasteiger charge is 2.20. The molecule has 1 amide bonds. The topological polar surface area (TPSA) is 57.7 Å². The molecule has 2 rings (SSSR count). The van der Waals surface area contributed by atoms with Crippen LogP contribution < -0.4 is 0 Å². The molecule has 0 saturated heterocycles. The summed E-state index contributed by atoms with van der Waals surface area (Å²) in [6.45, 7) is 2.16. The molecule has 128 valence electrons. The highest BCUT2D eigenvalue weighted by Crippen LogP contribution is 2.17. The Kier molecular flexibility index (Phi) is 5.41. The van der Waals surface area contributed by atoms with Crippen molar-refractivity contribution >= 4 is 15.9 Å². The molecule has 0 aliphatic carbocycles. The van der Waals surface area contributed by atoms with Crippen LogP contribution in [0.1, 0.15) is 21.5 Å². The van der Waals surface area contributed by atoms with Gasteiger partial charge < -0.3 is 4.90 Å². The maximum absolute atomic E-state index is 12.6. The zero-order valence-corrected chi connectivity index (χ0v) is 15.2. The maximum Gasteiger partial charge on any atom is 0.253 e. The van der Waals surface area contributed by atoms with E-state index in [2.05, 4.69) is 0 Å². The molecule has 0 spiro atoms. The summed E-state index contributed by atoms with van der Waals surface area (Å²) in [5, 5.41) is 0. The summed E-state index contributed by atoms with van der Waals surface area (Å²) in [7, 11) is 1.40. The largest absolute Gasteiger partial charge is 0.345 e. The minimum atomic E-state index is -3.54. The van der Waals surface area contributed by atoms with Gasteiger partial charge in [-0.1, -0.05) is 29.8 Å². The average molecular weight is 346 g/mol. The lowest BCUT2D eigenvalue weighted by Crippen LogP contribution is -2.26. The third kappa shape index (κ3) is 4.01. The Labute approximate surface area is 143 Å². The molecule has 0 aliphatic heterocycles. The second-order valence-electron chi connectivity index (χ2n) is 5.97. The van der Waals surface area contributed by atoms with Crippen LogP contribution in [0.2, 0.25) is 0 Å². The maximum atomic E-state index is 12.6. The van der Waals surface area contributed by atoms with E-state index in [1.165, 1.54) is 9.21 Å². The Bertz CT molecular complexity index is 810. The van der Waals surface area contributed by atoms with Crippen LogP contribution in [0.15, 0.2) is 53.4 Å². The number of carbonyl (C=O) groups excluding carboxylic acids is 1. The fraction of sp³-hybridized carbons (Fsp3) is 0.278. The van der Waals surface area contributed by atoms with E-state index in [1.54, 1.807) is 69.7 Å². The summed E-state index contributed by atoms with van der Waals surface area (Å²) in [5.74, 6) is -0.0813. The van der Waals surface area contributed by atoms with Crippen LogP contribution in [0.25, 0.3) is 0 Å².